The molecule has 0 amide bonds. The van der Waals surface area contributed by atoms with Crippen molar-refractivity contribution in [2.24, 2.45) is 5.92 Å². The van der Waals surface area contributed by atoms with Crippen molar-refractivity contribution in [3.8, 4) is 5.75 Å². The van der Waals surface area contributed by atoms with Crippen molar-refractivity contribution in [3.63, 3.8) is 0 Å². The molecule has 0 fully saturated rings. The summed E-state index contributed by atoms with van der Waals surface area (Å²) in [5.74, 6) is 1.35. The van der Waals surface area contributed by atoms with E-state index in [9.17, 15) is 5.11 Å². The maximum absolute atomic E-state index is 9.37. The van der Waals surface area contributed by atoms with Crippen LogP contribution in [0.25, 0.3) is 0 Å². The Morgan fingerprint density at radius 3 is 2.53 bits per heavy atom. The average molecular weight is 237 g/mol. The van der Waals surface area contributed by atoms with Gasteiger partial charge in [0.25, 0.3) is 0 Å². The summed E-state index contributed by atoms with van der Waals surface area (Å²) >= 11 is 0. The number of hydrogen-bond donors (Lipinski definition) is 1. The molecule has 17 heavy (non-hydrogen) atoms. The highest BCUT2D eigenvalue weighted by Crippen LogP contribution is 2.26. The number of aliphatic hydroxyl groups excluding tert-OH is 1. The van der Waals surface area contributed by atoms with Crippen molar-refractivity contribution in [1.82, 2.24) is 4.98 Å². The van der Waals surface area contributed by atoms with Crippen LogP contribution in [0, 0.1) is 19.8 Å². The Hall–Kier alpha value is -1.09. The number of methoxy groups -OCH3 is 1. The van der Waals surface area contributed by atoms with E-state index in [1.807, 2.05) is 27.0 Å². The number of pyridine rings is 1. The van der Waals surface area contributed by atoms with Crippen LogP contribution in [0.15, 0.2) is 6.20 Å². The Labute approximate surface area is 104 Å². The predicted octanol–water partition coefficient (Wildman–Crippen LogP) is 2.66. The fourth-order valence-electron chi connectivity index (χ4n) is 2.27. The zero-order valence-corrected chi connectivity index (χ0v) is 11.4. The van der Waals surface area contributed by atoms with Gasteiger partial charge in [-0.15, -0.1) is 0 Å². The van der Waals surface area contributed by atoms with E-state index in [4.69, 9.17) is 4.74 Å². The summed E-state index contributed by atoms with van der Waals surface area (Å²) in [6, 6.07) is 0. The van der Waals surface area contributed by atoms with E-state index < -0.39 is 0 Å². The van der Waals surface area contributed by atoms with Crippen LogP contribution in [-0.2, 0) is 6.42 Å². The minimum atomic E-state index is -0.252. The van der Waals surface area contributed by atoms with Crippen LogP contribution in [-0.4, -0.2) is 23.3 Å². The molecule has 0 saturated heterocycles. The Kier molecular flexibility index (Phi) is 4.94. The van der Waals surface area contributed by atoms with Crippen LogP contribution < -0.4 is 4.74 Å². The second-order valence-electron chi connectivity index (χ2n) is 4.94. The summed E-state index contributed by atoms with van der Waals surface area (Å²) in [4.78, 5) is 4.47. The Morgan fingerprint density at radius 1 is 1.35 bits per heavy atom. The first kappa shape index (κ1) is 14.0. The number of hydrogen-bond acceptors (Lipinski definition) is 3. The van der Waals surface area contributed by atoms with E-state index >= 15 is 0 Å². The van der Waals surface area contributed by atoms with E-state index in [0.717, 1.165) is 35.4 Å². The molecular weight excluding hydrogens is 214 g/mol. The van der Waals surface area contributed by atoms with Crippen LogP contribution in [0.3, 0.4) is 0 Å². The molecule has 0 radical (unpaired) electrons. The van der Waals surface area contributed by atoms with Gasteiger partial charge in [-0.3, -0.25) is 4.98 Å². The monoisotopic (exact) mass is 237 g/mol. The highest BCUT2D eigenvalue weighted by Gasteiger charge is 2.13. The van der Waals surface area contributed by atoms with E-state index in [2.05, 4.69) is 11.9 Å². The number of nitrogens with zero attached hydrogens (tertiary/aromatic N) is 1. The second-order valence-corrected chi connectivity index (χ2v) is 4.94. The van der Waals surface area contributed by atoms with Gasteiger partial charge in [-0.1, -0.05) is 6.92 Å². The van der Waals surface area contributed by atoms with Crippen molar-refractivity contribution in [2.45, 2.75) is 46.6 Å². The Balaban J connectivity index is 2.85. The Bertz CT molecular complexity index is 375. The number of ether oxygens (including phenoxy) is 1. The summed E-state index contributed by atoms with van der Waals surface area (Å²) in [7, 11) is 1.69. The van der Waals surface area contributed by atoms with Gasteiger partial charge in [0.2, 0.25) is 0 Å². The first-order valence-electron chi connectivity index (χ1n) is 6.12. The van der Waals surface area contributed by atoms with Crippen LogP contribution in [0.2, 0.25) is 0 Å². The van der Waals surface area contributed by atoms with Gasteiger partial charge >= 0.3 is 0 Å². The van der Waals surface area contributed by atoms with Crippen LogP contribution >= 0.6 is 0 Å². The van der Waals surface area contributed by atoms with E-state index in [-0.39, 0.29) is 6.10 Å². The molecule has 0 aliphatic carbocycles. The van der Waals surface area contributed by atoms with Gasteiger partial charge in [0.1, 0.15) is 5.75 Å². The zero-order chi connectivity index (χ0) is 13.0. The number of aromatic nitrogens is 1. The molecule has 2 unspecified atom stereocenters. The van der Waals surface area contributed by atoms with Crippen molar-refractivity contribution in [2.75, 3.05) is 7.11 Å². The fourth-order valence-corrected chi connectivity index (χ4v) is 2.27. The highest BCUT2D eigenvalue weighted by atomic mass is 16.5. The van der Waals surface area contributed by atoms with Gasteiger partial charge in [-0.05, 0) is 39.5 Å². The molecule has 0 aliphatic heterocycles. The topological polar surface area (TPSA) is 42.4 Å². The summed E-state index contributed by atoms with van der Waals surface area (Å²) in [6.45, 7) is 8.01. The number of aliphatic hydroxyl groups is 1. The first-order chi connectivity index (χ1) is 7.95. The molecule has 3 heteroatoms. The number of aryl methyl sites for hydroxylation is 1. The van der Waals surface area contributed by atoms with E-state index in [1.165, 1.54) is 0 Å². The molecule has 0 aliphatic rings. The second kappa shape index (κ2) is 6.01. The first-order valence-corrected chi connectivity index (χ1v) is 6.12. The lowest BCUT2D eigenvalue weighted by molar-refractivity contribution is 0.164. The molecule has 1 aromatic rings. The standard InChI is InChI=1S/C14H23NO2/c1-9(6-11(3)16)7-13-12(4)14(17-5)10(2)8-15-13/h8-9,11,16H,6-7H2,1-5H3. The highest BCUT2D eigenvalue weighted by molar-refractivity contribution is 5.41. The summed E-state index contributed by atoms with van der Waals surface area (Å²) in [5.41, 5.74) is 3.25. The van der Waals surface area contributed by atoms with E-state index in [1.54, 1.807) is 7.11 Å². The molecule has 0 saturated carbocycles. The van der Waals surface area contributed by atoms with Gasteiger partial charge < -0.3 is 9.84 Å². The third-order valence-electron chi connectivity index (χ3n) is 3.04. The average Bonchev–Trinajstić information content (AvgIpc) is 2.22. The zero-order valence-electron chi connectivity index (χ0n) is 11.4. The maximum atomic E-state index is 9.37. The largest absolute Gasteiger partial charge is 0.496 e. The van der Waals surface area contributed by atoms with Gasteiger partial charge in [-0.25, -0.2) is 0 Å². The van der Waals surface area contributed by atoms with Gasteiger partial charge in [0, 0.05) is 23.0 Å². The smallest absolute Gasteiger partial charge is 0.128 e. The SMILES string of the molecule is COc1c(C)cnc(CC(C)CC(C)O)c1C. The van der Waals surface area contributed by atoms with Crippen LogP contribution in [0.1, 0.15) is 37.1 Å². The van der Waals surface area contributed by atoms with Crippen molar-refractivity contribution in [1.29, 1.82) is 0 Å². The summed E-state index contributed by atoms with van der Waals surface area (Å²) in [6.07, 6.45) is 3.29. The molecule has 1 rings (SSSR count). The molecule has 3 nitrogen and oxygen atoms in total. The maximum Gasteiger partial charge on any atom is 0.128 e. The van der Waals surface area contributed by atoms with Crippen molar-refractivity contribution < 1.29 is 9.84 Å². The van der Waals surface area contributed by atoms with Gasteiger partial charge in [0.05, 0.1) is 13.2 Å². The summed E-state index contributed by atoms with van der Waals surface area (Å²) in [5, 5.41) is 9.37. The molecule has 0 spiro atoms. The van der Waals surface area contributed by atoms with Crippen LogP contribution in [0.4, 0.5) is 0 Å². The lowest BCUT2D eigenvalue weighted by atomic mass is 9.96. The fraction of sp³-hybridized carbons (Fsp3) is 0.643. The van der Waals surface area contributed by atoms with Crippen molar-refractivity contribution >= 4 is 0 Å². The molecule has 0 bridgehead atoms. The minimum absolute atomic E-state index is 0.252. The summed E-state index contributed by atoms with van der Waals surface area (Å²) < 4.78 is 5.39. The molecule has 2 atom stereocenters. The number of rotatable bonds is 5. The third-order valence-corrected chi connectivity index (χ3v) is 3.04. The quantitative estimate of drug-likeness (QED) is 0.856. The minimum Gasteiger partial charge on any atom is -0.496 e. The molecule has 0 aromatic carbocycles. The van der Waals surface area contributed by atoms with Crippen molar-refractivity contribution in [3.05, 3.63) is 23.0 Å². The molecule has 96 valence electrons. The molecule has 1 N–H and O–H groups in total. The lowest BCUT2D eigenvalue weighted by Gasteiger charge is -2.16. The van der Waals surface area contributed by atoms with Gasteiger partial charge in [0.15, 0.2) is 0 Å². The lowest BCUT2D eigenvalue weighted by Crippen LogP contribution is -2.11. The molecule has 1 aromatic heterocycles. The third kappa shape index (κ3) is 3.70. The van der Waals surface area contributed by atoms with Gasteiger partial charge in [-0.2, -0.15) is 0 Å². The molecular formula is C14H23NO2. The van der Waals surface area contributed by atoms with Crippen LogP contribution in [0.5, 0.6) is 5.75 Å². The molecule has 1 heterocycles. The Morgan fingerprint density at radius 2 is 2.00 bits per heavy atom. The normalized spacial score (nSPS) is 14.5. The van der Waals surface area contributed by atoms with E-state index in [0.29, 0.717) is 5.92 Å². The predicted molar refractivity (Wildman–Crippen MR) is 69.4 cm³/mol.